The number of likely N-dealkylation sites (tertiary alicyclic amines) is 1. The number of nitrogens with zero attached hydrogens (tertiary/aromatic N) is 1. The van der Waals surface area contributed by atoms with Gasteiger partial charge in [0.25, 0.3) is 0 Å². The van der Waals surface area contributed by atoms with E-state index in [0.717, 1.165) is 32.2 Å². The molecule has 0 N–H and O–H groups in total. The molecule has 1 aliphatic heterocycles. The maximum absolute atomic E-state index is 12.1. The van der Waals surface area contributed by atoms with E-state index >= 15 is 0 Å². The number of hydrogen-bond donors (Lipinski definition) is 0. The van der Waals surface area contributed by atoms with E-state index < -0.39 is 0 Å². The lowest BCUT2D eigenvalue weighted by Crippen LogP contribution is -2.47. The third kappa shape index (κ3) is 3.98. The molecule has 1 amide bonds. The fraction of sp³-hybridized carbons (Fsp3) is 0.833. The number of halogens is 1. The van der Waals surface area contributed by atoms with Gasteiger partial charge >= 0.3 is 5.97 Å². The first-order valence-electron chi connectivity index (χ1n) is 6.11. The Kier molecular flexibility index (Phi) is 5.95. The summed E-state index contributed by atoms with van der Waals surface area (Å²) in [4.78, 5) is 25.2. The van der Waals surface area contributed by atoms with Gasteiger partial charge in [0.15, 0.2) is 0 Å². The average molecular weight is 306 g/mol. The highest BCUT2D eigenvalue weighted by Crippen LogP contribution is 2.23. The van der Waals surface area contributed by atoms with E-state index in [-0.39, 0.29) is 22.7 Å². The van der Waals surface area contributed by atoms with E-state index in [1.165, 1.54) is 7.11 Å². The minimum Gasteiger partial charge on any atom is -0.469 e. The van der Waals surface area contributed by atoms with Crippen LogP contribution in [0.3, 0.4) is 0 Å². The van der Waals surface area contributed by atoms with E-state index in [1.807, 2.05) is 11.8 Å². The minimum absolute atomic E-state index is 0.00954. The van der Waals surface area contributed by atoms with Gasteiger partial charge in [0.2, 0.25) is 5.91 Å². The van der Waals surface area contributed by atoms with Crippen molar-refractivity contribution in [2.24, 2.45) is 0 Å². The largest absolute Gasteiger partial charge is 0.469 e. The van der Waals surface area contributed by atoms with Crippen molar-refractivity contribution < 1.29 is 14.3 Å². The van der Waals surface area contributed by atoms with Crippen LogP contribution in [0, 0.1) is 0 Å². The predicted molar refractivity (Wildman–Crippen MR) is 69.0 cm³/mol. The first kappa shape index (κ1) is 14.5. The van der Waals surface area contributed by atoms with Crippen LogP contribution in [0.1, 0.15) is 39.0 Å². The summed E-state index contributed by atoms with van der Waals surface area (Å²) in [6.07, 6.45) is 4.06. The van der Waals surface area contributed by atoms with Gasteiger partial charge < -0.3 is 9.64 Å². The summed E-state index contributed by atoms with van der Waals surface area (Å²) < 4.78 is 4.68. The number of ether oxygens (including phenoxy) is 1. The Hall–Kier alpha value is -0.580. The van der Waals surface area contributed by atoms with Crippen molar-refractivity contribution in [1.29, 1.82) is 0 Å². The zero-order valence-corrected chi connectivity index (χ0v) is 12.0. The van der Waals surface area contributed by atoms with Gasteiger partial charge in [-0.3, -0.25) is 9.59 Å². The van der Waals surface area contributed by atoms with Gasteiger partial charge in [0.1, 0.15) is 0 Å². The SMILES string of the molecule is CCC(Br)C(=O)N1CCCCC1CC(=O)OC. The van der Waals surface area contributed by atoms with Gasteiger partial charge in [-0.2, -0.15) is 0 Å². The second-order valence-electron chi connectivity index (χ2n) is 4.34. The van der Waals surface area contributed by atoms with Crippen molar-refractivity contribution in [2.75, 3.05) is 13.7 Å². The fourth-order valence-electron chi connectivity index (χ4n) is 2.13. The topological polar surface area (TPSA) is 46.6 Å². The van der Waals surface area contributed by atoms with Gasteiger partial charge in [0, 0.05) is 12.6 Å². The first-order chi connectivity index (χ1) is 8.10. The lowest BCUT2D eigenvalue weighted by atomic mass is 9.98. The highest BCUT2D eigenvalue weighted by atomic mass is 79.9. The molecule has 4 nitrogen and oxygen atoms in total. The third-order valence-electron chi connectivity index (χ3n) is 3.17. The van der Waals surface area contributed by atoms with E-state index in [0.29, 0.717) is 6.42 Å². The molecule has 1 fully saturated rings. The molecule has 0 radical (unpaired) electrons. The van der Waals surface area contributed by atoms with Crippen molar-refractivity contribution >= 4 is 27.8 Å². The number of rotatable bonds is 4. The van der Waals surface area contributed by atoms with E-state index in [9.17, 15) is 9.59 Å². The first-order valence-corrected chi connectivity index (χ1v) is 7.03. The second-order valence-corrected chi connectivity index (χ2v) is 5.44. The van der Waals surface area contributed by atoms with E-state index in [2.05, 4.69) is 20.7 Å². The Balaban J connectivity index is 2.65. The zero-order chi connectivity index (χ0) is 12.8. The maximum Gasteiger partial charge on any atom is 0.307 e. The molecule has 1 saturated heterocycles. The molecular weight excluding hydrogens is 286 g/mol. The van der Waals surface area contributed by atoms with Crippen LogP contribution in [0.15, 0.2) is 0 Å². The monoisotopic (exact) mass is 305 g/mol. The molecule has 0 aromatic heterocycles. The van der Waals surface area contributed by atoms with Gasteiger partial charge in [-0.1, -0.05) is 22.9 Å². The molecular formula is C12H20BrNO3. The lowest BCUT2D eigenvalue weighted by molar-refractivity contribution is -0.144. The predicted octanol–water partition coefficient (Wildman–Crippen LogP) is 2.10. The molecule has 0 aromatic rings. The summed E-state index contributed by atoms with van der Waals surface area (Å²) in [5.74, 6) is -0.140. The zero-order valence-electron chi connectivity index (χ0n) is 10.4. The Morgan fingerprint density at radius 2 is 2.18 bits per heavy atom. The summed E-state index contributed by atoms with van der Waals surface area (Å²) in [6.45, 7) is 2.72. The standard InChI is InChI=1S/C12H20BrNO3/c1-3-10(13)12(16)14-7-5-4-6-9(14)8-11(15)17-2/h9-10H,3-8H2,1-2H3. The van der Waals surface area contributed by atoms with Crippen LogP contribution in [0.5, 0.6) is 0 Å². The molecule has 0 spiro atoms. The van der Waals surface area contributed by atoms with Crippen LogP contribution < -0.4 is 0 Å². The molecule has 98 valence electrons. The van der Waals surface area contributed by atoms with Crippen LogP contribution >= 0.6 is 15.9 Å². The smallest absolute Gasteiger partial charge is 0.307 e. The van der Waals surface area contributed by atoms with E-state index in [1.54, 1.807) is 0 Å². The van der Waals surface area contributed by atoms with Crippen LogP contribution in [-0.2, 0) is 14.3 Å². The minimum atomic E-state index is -0.239. The quantitative estimate of drug-likeness (QED) is 0.590. The van der Waals surface area contributed by atoms with E-state index in [4.69, 9.17) is 0 Å². The van der Waals surface area contributed by atoms with Gasteiger partial charge in [-0.05, 0) is 25.7 Å². The van der Waals surface area contributed by atoms with Crippen molar-refractivity contribution in [1.82, 2.24) is 4.90 Å². The molecule has 0 aromatic carbocycles. The lowest BCUT2D eigenvalue weighted by Gasteiger charge is -2.36. The number of alkyl halides is 1. The molecule has 17 heavy (non-hydrogen) atoms. The van der Waals surface area contributed by atoms with Crippen molar-refractivity contribution in [2.45, 2.75) is 49.9 Å². The number of hydrogen-bond acceptors (Lipinski definition) is 3. The van der Waals surface area contributed by atoms with Crippen LogP contribution in [0.4, 0.5) is 0 Å². The normalized spacial score (nSPS) is 22.1. The summed E-state index contributed by atoms with van der Waals surface area (Å²) in [6, 6.07) is 0.00954. The Morgan fingerprint density at radius 3 is 2.76 bits per heavy atom. The van der Waals surface area contributed by atoms with Crippen molar-refractivity contribution in [3.8, 4) is 0 Å². The summed E-state index contributed by atoms with van der Waals surface area (Å²) in [7, 11) is 1.39. The number of carbonyl (C=O) groups is 2. The number of esters is 1. The highest BCUT2D eigenvalue weighted by Gasteiger charge is 2.31. The van der Waals surface area contributed by atoms with Gasteiger partial charge in [-0.15, -0.1) is 0 Å². The Labute approximate surface area is 111 Å². The third-order valence-corrected chi connectivity index (χ3v) is 4.21. The van der Waals surface area contributed by atoms with Gasteiger partial charge in [0.05, 0.1) is 18.4 Å². The fourth-order valence-corrected chi connectivity index (χ4v) is 2.40. The highest BCUT2D eigenvalue weighted by molar-refractivity contribution is 9.10. The molecule has 1 aliphatic rings. The number of piperidine rings is 1. The maximum atomic E-state index is 12.1. The molecule has 0 aliphatic carbocycles. The second kappa shape index (κ2) is 6.99. The van der Waals surface area contributed by atoms with Crippen molar-refractivity contribution in [3.05, 3.63) is 0 Å². The number of carbonyl (C=O) groups excluding carboxylic acids is 2. The molecule has 5 heteroatoms. The molecule has 2 atom stereocenters. The van der Waals surface area contributed by atoms with Gasteiger partial charge in [-0.25, -0.2) is 0 Å². The summed E-state index contributed by atoms with van der Waals surface area (Å²) in [5, 5.41) is 0. The van der Waals surface area contributed by atoms with Crippen molar-refractivity contribution in [3.63, 3.8) is 0 Å². The molecule has 1 rings (SSSR count). The molecule has 0 saturated carbocycles. The Morgan fingerprint density at radius 1 is 1.47 bits per heavy atom. The number of methoxy groups -OCH3 is 1. The molecule has 1 heterocycles. The molecule has 2 unspecified atom stereocenters. The van der Waals surface area contributed by atoms with Crippen LogP contribution in [0.2, 0.25) is 0 Å². The summed E-state index contributed by atoms with van der Waals surface area (Å²) >= 11 is 3.38. The van der Waals surface area contributed by atoms with Crippen LogP contribution in [0.25, 0.3) is 0 Å². The molecule has 0 bridgehead atoms. The summed E-state index contributed by atoms with van der Waals surface area (Å²) in [5.41, 5.74) is 0. The average Bonchev–Trinajstić information content (AvgIpc) is 2.37. The van der Waals surface area contributed by atoms with Crippen LogP contribution in [-0.4, -0.2) is 41.3 Å². The number of amides is 1. The Bertz CT molecular complexity index is 283.